The van der Waals surface area contributed by atoms with E-state index in [1.165, 1.54) is 12.1 Å². The molecule has 0 aromatic heterocycles. The molecule has 1 rings (SSSR count). The summed E-state index contributed by atoms with van der Waals surface area (Å²) in [6.07, 6.45) is -4.91. The molecule has 0 spiro atoms. The lowest BCUT2D eigenvalue weighted by atomic mass is 10.1. The lowest BCUT2D eigenvalue weighted by Gasteiger charge is -2.12. The predicted molar refractivity (Wildman–Crippen MR) is 55.0 cm³/mol. The van der Waals surface area contributed by atoms with E-state index in [1.807, 2.05) is 0 Å². The number of benzene rings is 1. The van der Waals surface area contributed by atoms with Gasteiger partial charge in [-0.1, -0.05) is 0 Å². The lowest BCUT2D eigenvalue weighted by molar-refractivity contribution is -0.167. The van der Waals surface area contributed by atoms with Gasteiger partial charge >= 0.3 is 12.1 Å². The Morgan fingerprint density at radius 3 is 2.25 bits per heavy atom. The van der Waals surface area contributed by atoms with Crippen LogP contribution in [0.25, 0.3) is 0 Å². The van der Waals surface area contributed by atoms with E-state index in [0.29, 0.717) is 0 Å². The van der Waals surface area contributed by atoms with Crippen LogP contribution in [0.3, 0.4) is 0 Å². The SMILES string of the molecule is Cc1cc(N)c(NC(=O)C(F)(F)F)cc1C. The maximum Gasteiger partial charge on any atom is 0.471 e. The molecule has 3 nitrogen and oxygen atoms in total. The van der Waals surface area contributed by atoms with Gasteiger partial charge in [-0.2, -0.15) is 13.2 Å². The highest BCUT2D eigenvalue weighted by Gasteiger charge is 2.38. The van der Waals surface area contributed by atoms with Crippen molar-refractivity contribution in [1.82, 2.24) is 0 Å². The minimum Gasteiger partial charge on any atom is -0.397 e. The summed E-state index contributed by atoms with van der Waals surface area (Å²) < 4.78 is 36.0. The van der Waals surface area contributed by atoms with Gasteiger partial charge in [-0.15, -0.1) is 0 Å². The van der Waals surface area contributed by atoms with E-state index in [-0.39, 0.29) is 11.4 Å². The summed E-state index contributed by atoms with van der Waals surface area (Å²) in [6, 6.07) is 2.93. The van der Waals surface area contributed by atoms with Gasteiger partial charge in [0.15, 0.2) is 0 Å². The van der Waals surface area contributed by atoms with E-state index >= 15 is 0 Å². The molecule has 88 valence electrons. The monoisotopic (exact) mass is 232 g/mol. The third-order valence-electron chi connectivity index (χ3n) is 2.17. The van der Waals surface area contributed by atoms with Gasteiger partial charge in [0.1, 0.15) is 0 Å². The third-order valence-corrected chi connectivity index (χ3v) is 2.17. The van der Waals surface area contributed by atoms with Gasteiger partial charge in [0.05, 0.1) is 11.4 Å². The zero-order valence-corrected chi connectivity index (χ0v) is 8.77. The summed E-state index contributed by atoms with van der Waals surface area (Å²) >= 11 is 0. The number of amides is 1. The van der Waals surface area contributed by atoms with Crippen molar-refractivity contribution >= 4 is 17.3 Å². The molecule has 0 fully saturated rings. The number of nitrogens with two attached hydrogens (primary N) is 1. The fraction of sp³-hybridized carbons (Fsp3) is 0.300. The molecule has 0 saturated heterocycles. The molecule has 0 aliphatic carbocycles. The van der Waals surface area contributed by atoms with Crippen LogP contribution in [0.1, 0.15) is 11.1 Å². The number of carbonyl (C=O) groups excluding carboxylic acids is 1. The Kier molecular flexibility index (Phi) is 3.11. The standard InChI is InChI=1S/C10H11F3N2O/c1-5-3-7(14)8(4-6(5)2)15-9(16)10(11,12)13/h3-4H,14H2,1-2H3,(H,15,16). The van der Waals surface area contributed by atoms with Crippen molar-refractivity contribution in [2.75, 3.05) is 11.1 Å². The average Bonchev–Trinajstić information content (AvgIpc) is 2.12. The number of hydrogen-bond donors (Lipinski definition) is 2. The van der Waals surface area contributed by atoms with Crippen LogP contribution in [0, 0.1) is 13.8 Å². The van der Waals surface area contributed by atoms with Crippen molar-refractivity contribution in [3.63, 3.8) is 0 Å². The first-order chi connectivity index (χ1) is 7.21. The van der Waals surface area contributed by atoms with E-state index in [1.54, 1.807) is 19.2 Å². The van der Waals surface area contributed by atoms with Gasteiger partial charge in [0.2, 0.25) is 0 Å². The van der Waals surface area contributed by atoms with Crippen molar-refractivity contribution in [3.8, 4) is 0 Å². The zero-order chi connectivity index (χ0) is 12.5. The molecule has 6 heteroatoms. The van der Waals surface area contributed by atoms with Gasteiger partial charge in [-0.25, -0.2) is 0 Å². The Balaban J connectivity index is 2.99. The molecule has 16 heavy (non-hydrogen) atoms. The normalized spacial score (nSPS) is 11.3. The minimum absolute atomic E-state index is 0.0228. The number of hydrogen-bond acceptors (Lipinski definition) is 2. The fourth-order valence-electron chi connectivity index (χ4n) is 1.14. The summed E-state index contributed by atoms with van der Waals surface area (Å²) in [6.45, 7) is 3.50. The Morgan fingerprint density at radius 1 is 1.25 bits per heavy atom. The molecule has 0 atom stereocenters. The van der Waals surface area contributed by atoms with Crippen LogP contribution in [0.5, 0.6) is 0 Å². The number of carbonyl (C=O) groups is 1. The number of anilines is 2. The summed E-state index contributed by atoms with van der Waals surface area (Å²) in [7, 11) is 0. The number of halogens is 3. The largest absolute Gasteiger partial charge is 0.471 e. The second-order valence-electron chi connectivity index (χ2n) is 3.48. The van der Waals surface area contributed by atoms with Gasteiger partial charge in [-0.3, -0.25) is 4.79 Å². The van der Waals surface area contributed by atoms with Gasteiger partial charge < -0.3 is 11.1 Å². The van der Waals surface area contributed by atoms with Crippen LogP contribution in [0.4, 0.5) is 24.5 Å². The Labute approximate surface area is 90.4 Å². The smallest absolute Gasteiger partial charge is 0.397 e. The van der Waals surface area contributed by atoms with Crippen LogP contribution in [-0.2, 0) is 4.79 Å². The molecule has 0 radical (unpaired) electrons. The van der Waals surface area contributed by atoms with Crippen LogP contribution >= 0.6 is 0 Å². The molecule has 1 aromatic carbocycles. The molecule has 0 saturated carbocycles. The molecule has 0 unspecified atom stereocenters. The second-order valence-corrected chi connectivity index (χ2v) is 3.48. The van der Waals surface area contributed by atoms with Crippen molar-refractivity contribution in [2.45, 2.75) is 20.0 Å². The van der Waals surface area contributed by atoms with Crippen LogP contribution in [0.15, 0.2) is 12.1 Å². The van der Waals surface area contributed by atoms with E-state index in [9.17, 15) is 18.0 Å². The van der Waals surface area contributed by atoms with Crippen molar-refractivity contribution in [2.24, 2.45) is 0 Å². The number of rotatable bonds is 1. The van der Waals surface area contributed by atoms with Gasteiger partial charge in [0, 0.05) is 0 Å². The van der Waals surface area contributed by atoms with Crippen LogP contribution in [0.2, 0.25) is 0 Å². The molecule has 0 aliphatic heterocycles. The van der Waals surface area contributed by atoms with Crippen LogP contribution < -0.4 is 11.1 Å². The van der Waals surface area contributed by atoms with E-state index in [4.69, 9.17) is 5.73 Å². The molecular formula is C10H11F3N2O. The third kappa shape index (κ3) is 2.65. The highest BCUT2D eigenvalue weighted by Crippen LogP contribution is 2.25. The molecular weight excluding hydrogens is 221 g/mol. The molecule has 0 heterocycles. The average molecular weight is 232 g/mol. The Morgan fingerprint density at radius 2 is 1.75 bits per heavy atom. The number of aryl methyl sites for hydroxylation is 2. The first-order valence-electron chi connectivity index (χ1n) is 4.46. The van der Waals surface area contributed by atoms with E-state index in [0.717, 1.165) is 11.1 Å². The highest BCUT2D eigenvalue weighted by atomic mass is 19.4. The predicted octanol–water partition coefficient (Wildman–Crippen LogP) is 2.39. The van der Waals surface area contributed by atoms with E-state index < -0.39 is 12.1 Å². The number of nitrogen functional groups attached to an aromatic ring is 1. The number of alkyl halides is 3. The van der Waals surface area contributed by atoms with Gasteiger partial charge in [0.25, 0.3) is 0 Å². The number of nitrogens with one attached hydrogen (secondary N) is 1. The molecule has 1 amide bonds. The summed E-state index contributed by atoms with van der Waals surface area (Å²) in [5.74, 6) is -2.03. The first kappa shape index (κ1) is 12.4. The van der Waals surface area contributed by atoms with Crippen molar-refractivity contribution in [1.29, 1.82) is 0 Å². The van der Waals surface area contributed by atoms with Crippen molar-refractivity contribution in [3.05, 3.63) is 23.3 Å². The van der Waals surface area contributed by atoms with Crippen molar-refractivity contribution < 1.29 is 18.0 Å². The molecule has 3 N–H and O–H groups in total. The maximum absolute atomic E-state index is 12.0. The first-order valence-corrected chi connectivity index (χ1v) is 4.46. The second kappa shape index (κ2) is 4.03. The Hall–Kier alpha value is -1.72. The van der Waals surface area contributed by atoms with E-state index in [2.05, 4.69) is 0 Å². The summed E-state index contributed by atoms with van der Waals surface area (Å²) in [4.78, 5) is 10.7. The summed E-state index contributed by atoms with van der Waals surface area (Å²) in [5, 5.41) is 1.73. The summed E-state index contributed by atoms with van der Waals surface area (Å²) in [5.41, 5.74) is 7.19. The maximum atomic E-state index is 12.0. The fourth-order valence-corrected chi connectivity index (χ4v) is 1.14. The molecule has 0 aliphatic rings. The zero-order valence-electron chi connectivity index (χ0n) is 8.77. The van der Waals surface area contributed by atoms with Gasteiger partial charge in [-0.05, 0) is 37.1 Å². The lowest BCUT2D eigenvalue weighted by Crippen LogP contribution is -2.30. The topological polar surface area (TPSA) is 55.1 Å². The Bertz CT molecular complexity index is 427. The minimum atomic E-state index is -4.91. The quantitative estimate of drug-likeness (QED) is 0.730. The van der Waals surface area contributed by atoms with Crippen LogP contribution in [-0.4, -0.2) is 12.1 Å². The molecule has 0 bridgehead atoms. The molecule has 1 aromatic rings. The highest BCUT2D eigenvalue weighted by molar-refractivity contribution is 5.97.